The first-order valence-corrected chi connectivity index (χ1v) is 8.90. The van der Waals surface area contributed by atoms with Crippen molar-refractivity contribution in [3.63, 3.8) is 0 Å². The lowest BCUT2D eigenvalue weighted by atomic mass is 9.95. The molecule has 0 N–H and O–H groups in total. The minimum atomic E-state index is 0.159. The van der Waals surface area contributed by atoms with E-state index >= 15 is 0 Å². The number of rotatable bonds is 5. The molecule has 25 heavy (non-hydrogen) atoms. The monoisotopic (exact) mass is 333 g/mol. The average Bonchev–Trinajstić information content (AvgIpc) is 3.14. The van der Waals surface area contributed by atoms with Crippen molar-refractivity contribution in [2.75, 3.05) is 6.61 Å². The number of hydrogen-bond donors (Lipinski definition) is 0. The molecule has 0 saturated heterocycles. The second kappa shape index (κ2) is 7.19. The Bertz CT molecular complexity index is 870. The lowest BCUT2D eigenvalue weighted by molar-refractivity contribution is 0.0422. The van der Waals surface area contributed by atoms with E-state index in [-0.39, 0.29) is 6.10 Å². The summed E-state index contributed by atoms with van der Waals surface area (Å²) < 4.78 is 8.00. The SMILES string of the molecule is C[C@@H]1C=C(Cn2cncn2)[C@H](CCc2ccc3ccccc3c2)OC1. The molecule has 128 valence electrons. The van der Waals surface area contributed by atoms with E-state index in [2.05, 4.69) is 65.5 Å². The van der Waals surface area contributed by atoms with Crippen LogP contribution >= 0.6 is 0 Å². The van der Waals surface area contributed by atoms with Gasteiger partial charge in [0.15, 0.2) is 0 Å². The summed E-state index contributed by atoms with van der Waals surface area (Å²) in [6, 6.07) is 15.2. The molecule has 0 aliphatic carbocycles. The van der Waals surface area contributed by atoms with Crippen LogP contribution < -0.4 is 0 Å². The Balaban J connectivity index is 1.47. The highest BCUT2D eigenvalue weighted by Gasteiger charge is 2.22. The molecule has 2 heterocycles. The van der Waals surface area contributed by atoms with E-state index in [0.29, 0.717) is 5.92 Å². The van der Waals surface area contributed by atoms with Gasteiger partial charge >= 0.3 is 0 Å². The fraction of sp³-hybridized carbons (Fsp3) is 0.333. The van der Waals surface area contributed by atoms with Gasteiger partial charge in [0.05, 0.1) is 19.3 Å². The van der Waals surface area contributed by atoms with E-state index in [1.807, 2.05) is 4.68 Å². The molecule has 0 radical (unpaired) electrons. The van der Waals surface area contributed by atoms with Gasteiger partial charge in [0.2, 0.25) is 0 Å². The Morgan fingerprint density at radius 3 is 2.88 bits per heavy atom. The molecule has 2 atom stereocenters. The summed E-state index contributed by atoms with van der Waals surface area (Å²) in [5, 5.41) is 6.83. The van der Waals surface area contributed by atoms with Crippen LogP contribution in [0.5, 0.6) is 0 Å². The molecule has 0 spiro atoms. The summed E-state index contributed by atoms with van der Waals surface area (Å²) in [5.74, 6) is 0.454. The van der Waals surface area contributed by atoms with Gasteiger partial charge in [0, 0.05) is 0 Å². The third-order valence-corrected chi connectivity index (χ3v) is 4.79. The molecule has 0 saturated carbocycles. The summed E-state index contributed by atoms with van der Waals surface area (Å²) in [6.45, 7) is 3.75. The van der Waals surface area contributed by atoms with Crippen LogP contribution in [0.2, 0.25) is 0 Å². The van der Waals surface area contributed by atoms with Crippen molar-refractivity contribution in [3.8, 4) is 0 Å². The zero-order chi connectivity index (χ0) is 17.1. The van der Waals surface area contributed by atoms with Gasteiger partial charge in [-0.25, -0.2) is 9.67 Å². The molecule has 3 aromatic rings. The number of aryl methyl sites for hydroxylation is 1. The molecule has 1 aliphatic rings. The van der Waals surface area contributed by atoms with Crippen molar-refractivity contribution in [2.24, 2.45) is 5.92 Å². The van der Waals surface area contributed by atoms with E-state index in [0.717, 1.165) is 26.0 Å². The number of nitrogens with zero attached hydrogens (tertiary/aromatic N) is 3. The van der Waals surface area contributed by atoms with Crippen molar-refractivity contribution in [1.29, 1.82) is 0 Å². The van der Waals surface area contributed by atoms with Crippen molar-refractivity contribution in [3.05, 3.63) is 72.3 Å². The van der Waals surface area contributed by atoms with Crippen LogP contribution in [0.4, 0.5) is 0 Å². The summed E-state index contributed by atoms with van der Waals surface area (Å²) in [6.07, 6.45) is 7.85. The largest absolute Gasteiger partial charge is 0.373 e. The molecule has 1 aromatic heterocycles. The molecule has 2 aromatic carbocycles. The molecular formula is C21H23N3O. The first kappa shape index (κ1) is 16.0. The number of ether oxygens (including phenoxy) is 1. The van der Waals surface area contributed by atoms with E-state index in [1.54, 1.807) is 12.7 Å². The molecule has 4 rings (SSSR count). The highest BCUT2D eigenvalue weighted by molar-refractivity contribution is 5.82. The molecule has 0 unspecified atom stereocenters. The zero-order valence-electron chi connectivity index (χ0n) is 14.5. The summed E-state index contributed by atoms with van der Waals surface area (Å²) in [4.78, 5) is 4.04. The van der Waals surface area contributed by atoms with Crippen molar-refractivity contribution in [2.45, 2.75) is 32.4 Å². The Labute approximate surface area is 148 Å². The number of fused-ring (bicyclic) bond motifs is 1. The average molecular weight is 333 g/mol. The lowest BCUT2D eigenvalue weighted by Crippen LogP contribution is -2.27. The molecule has 4 nitrogen and oxygen atoms in total. The highest BCUT2D eigenvalue weighted by Crippen LogP contribution is 2.24. The molecule has 0 bridgehead atoms. The van der Waals surface area contributed by atoms with Gasteiger partial charge in [-0.1, -0.05) is 55.5 Å². The van der Waals surface area contributed by atoms with Gasteiger partial charge in [0.1, 0.15) is 12.7 Å². The van der Waals surface area contributed by atoms with Crippen molar-refractivity contribution >= 4 is 10.8 Å². The number of aromatic nitrogens is 3. The molecule has 1 aliphatic heterocycles. The molecule has 0 amide bonds. The number of hydrogen-bond acceptors (Lipinski definition) is 3. The van der Waals surface area contributed by atoms with Crippen LogP contribution in [-0.4, -0.2) is 27.5 Å². The Morgan fingerprint density at radius 1 is 1.16 bits per heavy atom. The maximum Gasteiger partial charge on any atom is 0.137 e. The second-order valence-electron chi connectivity index (χ2n) is 6.85. The summed E-state index contributed by atoms with van der Waals surface area (Å²) in [7, 11) is 0. The quantitative estimate of drug-likeness (QED) is 0.662. The minimum Gasteiger partial charge on any atom is -0.373 e. The summed E-state index contributed by atoms with van der Waals surface area (Å²) >= 11 is 0. The van der Waals surface area contributed by atoms with E-state index in [4.69, 9.17) is 4.74 Å². The maximum absolute atomic E-state index is 6.13. The number of benzene rings is 2. The molecular weight excluding hydrogens is 310 g/mol. The second-order valence-corrected chi connectivity index (χ2v) is 6.85. The predicted molar refractivity (Wildman–Crippen MR) is 99.3 cm³/mol. The van der Waals surface area contributed by atoms with Gasteiger partial charge in [-0.2, -0.15) is 5.10 Å². The van der Waals surface area contributed by atoms with Crippen molar-refractivity contribution in [1.82, 2.24) is 14.8 Å². The van der Waals surface area contributed by atoms with E-state index < -0.39 is 0 Å². The van der Waals surface area contributed by atoms with Gasteiger partial charge in [0.25, 0.3) is 0 Å². The maximum atomic E-state index is 6.13. The minimum absolute atomic E-state index is 0.159. The fourth-order valence-electron chi connectivity index (χ4n) is 3.51. The van der Waals surface area contributed by atoms with E-state index in [1.165, 1.54) is 21.9 Å². The standard InChI is InChI=1S/C21H23N3O/c1-16-10-20(12-24-15-22-14-23-24)21(25-13-16)9-7-17-6-8-18-4-2-3-5-19(18)11-17/h2-6,8,10-11,14-16,21H,7,9,12-13H2,1H3/t16-,21+/m1/s1. The van der Waals surface area contributed by atoms with Crippen LogP contribution in [0.1, 0.15) is 18.9 Å². The van der Waals surface area contributed by atoms with Gasteiger partial charge < -0.3 is 4.74 Å². The lowest BCUT2D eigenvalue weighted by Gasteiger charge is -2.28. The first-order chi connectivity index (χ1) is 12.3. The van der Waals surface area contributed by atoms with Crippen LogP contribution in [0.15, 0.2) is 66.8 Å². The fourth-order valence-corrected chi connectivity index (χ4v) is 3.51. The van der Waals surface area contributed by atoms with Crippen molar-refractivity contribution < 1.29 is 4.74 Å². The van der Waals surface area contributed by atoms with Crippen LogP contribution in [0.25, 0.3) is 10.8 Å². The topological polar surface area (TPSA) is 39.9 Å². The first-order valence-electron chi connectivity index (χ1n) is 8.90. The zero-order valence-corrected chi connectivity index (χ0v) is 14.5. The Hall–Kier alpha value is -2.46. The molecule has 0 fully saturated rings. The smallest absolute Gasteiger partial charge is 0.137 e. The van der Waals surface area contributed by atoms with Crippen LogP contribution in [0, 0.1) is 5.92 Å². The normalized spacial score (nSPS) is 20.6. The van der Waals surface area contributed by atoms with Gasteiger partial charge in [-0.3, -0.25) is 0 Å². The van der Waals surface area contributed by atoms with Gasteiger partial charge in [-0.05, 0) is 40.7 Å². The third kappa shape index (κ3) is 3.80. The highest BCUT2D eigenvalue weighted by atomic mass is 16.5. The predicted octanol–water partition coefficient (Wildman–Crippen LogP) is 4.03. The Kier molecular flexibility index (Phi) is 4.61. The van der Waals surface area contributed by atoms with E-state index in [9.17, 15) is 0 Å². The van der Waals surface area contributed by atoms with Gasteiger partial charge in [-0.15, -0.1) is 0 Å². The summed E-state index contributed by atoms with van der Waals surface area (Å²) in [5.41, 5.74) is 2.67. The van der Waals surface area contributed by atoms with Crippen LogP contribution in [-0.2, 0) is 17.7 Å². The Morgan fingerprint density at radius 2 is 2.04 bits per heavy atom. The third-order valence-electron chi connectivity index (χ3n) is 4.79. The molecule has 4 heteroatoms. The van der Waals surface area contributed by atoms with Crippen LogP contribution in [0.3, 0.4) is 0 Å².